The van der Waals surface area contributed by atoms with Gasteiger partial charge in [-0.3, -0.25) is 38.8 Å². The fourth-order valence-electron chi connectivity index (χ4n) is 15.2. The molecule has 0 aliphatic carbocycles. The number of benzene rings is 8. The van der Waals surface area contributed by atoms with E-state index in [0.29, 0.717) is 86.9 Å². The maximum atomic E-state index is 13.9. The van der Waals surface area contributed by atoms with Gasteiger partial charge in [-0.25, -0.2) is 24.4 Å². The van der Waals surface area contributed by atoms with Gasteiger partial charge in [0.1, 0.15) is 86.4 Å². The van der Waals surface area contributed by atoms with Gasteiger partial charge in [0.25, 0.3) is 0 Å². The van der Waals surface area contributed by atoms with Gasteiger partial charge in [0, 0.05) is 155 Å². The average molecular weight is 1930 g/mol. The first-order valence-electron chi connectivity index (χ1n) is 40.3. The Morgan fingerprint density at radius 3 is 0.918 bits per heavy atom. The van der Waals surface area contributed by atoms with Crippen molar-refractivity contribution in [2.24, 2.45) is 41.6 Å². The van der Waals surface area contributed by atoms with Crippen molar-refractivity contribution >= 4 is 134 Å². The summed E-state index contributed by atoms with van der Waals surface area (Å²) in [5.41, 5.74) is 4.39. The number of rotatable bonds is 14. The van der Waals surface area contributed by atoms with Crippen molar-refractivity contribution in [3.8, 4) is 57.5 Å². The van der Waals surface area contributed by atoms with Crippen molar-refractivity contribution in [3.63, 3.8) is 0 Å². The summed E-state index contributed by atoms with van der Waals surface area (Å²) >= 11 is 14.1. The monoisotopic (exact) mass is 1920 g/mol. The molecule has 31 heteroatoms. The number of halogens is 5. The highest BCUT2D eigenvalue weighted by molar-refractivity contribution is 9.11. The number of fused-ring (bicyclic) bond motifs is 8. The van der Waals surface area contributed by atoms with Gasteiger partial charge in [-0.2, -0.15) is 0 Å². The highest BCUT2D eigenvalue weighted by Gasteiger charge is 2.39. The minimum Gasteiger partial charge on any atom is -0.497 e. The number of carboxylic acid groups (broad SMARTS) is 4. The highest BCUT2D eigenvalue weighted by atomic mass is 79.9. The predicted molar refractivity (Wildman–Crippen MR) is 483 cm³/mol. The van der Waals surface area contributed by atoms with Crippen molar-refractivity contribution < 1.29 is 72.4 Å². The number of nitrogens with zero attached hydrogens (tertiary/aromatic N) is 12. The summed E-state index contributed by atoms with van der Waals surface area (Å²) in [5.74, 6) is 6.80. The lowest BCUT2D eigenvalue weighted by atomic mass is 9.93. The summed E-state index contributed by atoms with van der Waals surface area (Å²) in [5, 5.41) is 37.7. The van der Waals surface area contributed by atoms with Crippen LogP contribution in [0.5, 0.6) is 57.5 Å². The molecule has 4 fully saturated rings. The minimum atomic E-state index is -0.813. The number of carboxylic acids is 4. The third-order valence-electron chi connectivity index (χ3n) is 22.4. The highest BCUT2D eigenvalue weighted by Crippen LogP contribution is 2.46. The summed E-state index contributed by atoms with van der Waals surface area (Å²) in [6.07, 6.45) is 0. The molecule has 122 heavy (non-hydrogen) atoms. The van der Waals surface area contributed by atoms with Crippen molar-refractivity contribution in [1.82, 2.24) is 39.2 Å². The number of aliphatic imine (C=N–C) groups is 4. The first-order valence-corrected chi connectivity index (χ1v) is 43.5. The second-order valence-electron chi connectivity index (χ2n) is 33.8. The summed E-state index contributed by atoms with van der Waals surface area (Å²) < 4.78 is 53.2. The Balaban J connectivity index is 0.000000140. The van der Waals surface area contributed by atoms with Crippen molar-refractivity contribution in [2.45, 2.75) is 62.3 Å². The molecule has 8 aromatic rings. The third kappa shape index (κ3) is 21.6. The summed E-state index contributed by atoms with van der Waals surface area (Å²) in [7, 11) is 3.24. The largest absolute Gasteiger partial charge is 0.497 e. The molecule has 0 aromatic heterocycles. The molecule has 8 aliphatic rings. The van der Waals surface area contributed by atoms with Crippen LogP contribution < -0.4 is 28.4 Å². The molecule has 0 radical (unpaired) electrons. The Hall–Kier alpha value is -9.99. The standard InChI is InChI=1S/C23H26BrN3O4.C23H26BrN3O3.C23H26FN3O4.C22H23Br2N3O3/c1-23(2,22(28)29)14-26-8-10-27(11-9-26)21-17-13-16(30-3)5-7-19(17)31-20-6-4-15(24)12-18(20)25-21;1-15-4-6-19-17(12-15)21(25-18-13-16(24)5-7-20(18)30-19)27-10-8-26(9-11-27)14-23(2,3)22(28)29;1-23(2,22(28)29)14-26-8-10-27(11-9-26)21-17-13-16(30-3)5-7-19(17)31-20-6-4-15(24)12-18(20)25-21;1-22(2,21(28)29)13-26-7-9-27(10-8-26)20-16-5-3-15(24)12-19(16)30-18-6-4-14(23)11-17(18)25-20/h4-7,12-13H,8-11,14H2,1-3H3,(H,28,29);4-7,12-13H,8-11,14H2,1-3H3,(H,28,29);4-7,12-13H,8-11,14H2,1-3H3,(H,28,29);3-6,11-12H,7-10,13H2,1-2H3,(H,28,29). The smallest absolute Gasteiger partial charge is 0.310 e. The topological polar surface area (TPSA) is 280 Å². The fourth-order valence-corrected chi connectivity index (χ4v) is 16.6. The zero-order valence-corrected chi connectivity index (χ0v) is 76.5. The number of aliphatic carboxylic acids is 4. The molecular formula is C91H101Br4FN12O14. The SMILES string of the molecule is CC(C)(CN1CCN(C2=Nc3cc(Br)ccc3Oc3cc(Br)ccc32)CC1)C(=O)O.COc1ccc2c(c1)C(N1CCN(CC(C)(C)C(=O)O)CC1)=Nc1cc(Br)ccc1O2.COc1ccc2c(c1)C(N1CCN(CC(C)(C)C(=O)O)CC1)=Nc1cc(F)ccc1O2.Cc1ccc2c(c1)C(N1CCN(CC(C)(C)C(=O)O)CC1)=Nc1cc(Br)ccc1O2. The van der Waals surface area contributed by atoms with E-state index in [1.165, 1.54) is 12.1 Å². The number of piperazine rings is 4. The third-order valence-corrected chi connectivity index (χ3v) is 24.3. The van der Waals surface area contributed by atoms with Gasteiger partial charge >= 0.3 is 23.9 Å². The molecular weight excluding hydrogens is 1820 g/mol. The van der Waals surface area contributed by atoms with Crippen LogP contribution in [0, 0.1) is 34.4 Å². The van der Waals surface area contributed by atoms with E-state index in [4.69, 9.17) is 48.4 Å². The van der Waals surface area contributed by atoms with Crippen LogP contribution in [0.15, 0.2) is 183 Å². The second-order valence-corrected chi connectivity index (χ2v) is 37.4. The Kier molecular flexibility index (Phi) is 28.0. The molecule has 0 amide bonds. The molecule has 644 valence electrons. The van der Waals surface area contributed by atoms with Crippen LogP contribution in [0.4, 0.5) is 27.1 Å². The fraction of sp³-hybridized carbons (Fsp3) is 0.385. The molecule has 26 nitrogen and oxygen atoms in total. The summed E-state index contributed by atoms with van der Waals surface area (Å²) in [6, 6.07) is 45.2. The molecule has 8 aliphatic heterocycles. The molecule has 0 bridgehead atoms. The number of hydrogen-bond donors (Lipinski definition) is 4. The number of amidine groups is 4. The lowest BCUT2D eigenvalue weighted by Gasteiger charge is -2.39. The van der Waals surface area contributed by atoms with E-state index in [1.54, 1.807) is 75.7 Å². The first kappa shape index (κ1) is 89.8. The van der Waals surface area contributed by atoms with E-state index in [-0.39, 0.29) is 5.82 Å². The molecule has 4 N–H and O–H groups in total. The Morgan fingerprint density at radius 1 is 0.336 bits per heavy atom. The maximum absolute atomic E-state index is 13.9. The van der Waals surface area contributed by atoms with Gasteiger partial charge in [0.2, 0.25) is 0 Å². The summed E-state index contributed by atoms with van der Waals surface area (Å²) in [4.78, 5) is 83.4. The van der Waals surface area contributed by atoms with Crippen LogP contribution in [-0.2, 0) is 19.2 Å². The average Bonchev–Trinajstić information content (AvgIpc) is 1.44. The van der Waals surface area contributed by atoms with Crippen LogP contribution in [0.1, 0.15) is 83.2 Å². The van der Waals surface area contributed by atoms with Gasteiger partial charge < -0.3 is 68.4 Å². The second kappa shape index (κ2) is 38.0. The number of carbonyl (C=O) groups is 4. The number of aryl methyl sites for hydroxylation is 1. The molecule has 4 saturated heterocycles. The Labute approximate surface area is 743 Å². The van der Waals surface area contributed by atoms with E-state index >= 15 is 0 Å². The number of hydrogen-bond acceptors (Lipinski definition) is 22. The molecule has 0 spiro atoms. The van der Waals surface area contributed by atoms with Crippen molar-refractivity contribution in [1.29, 1.82) is 0 Å². The molecule has 8 heterocycles. The van der Waals surface area contributed by atoms with Crippen LogP contribution in [0.25, 0.3) is 0 Å². The molecule has 0 unspecified atom stereocenters. The van der Waals surface area contributed by atoms with Crippen LogP contribution in [0.3, 0.4) is 0 Å². The van der Waals surface area contributed by atoms with E-state index in [0.717, 1.165) is 193 Å². The predicted octanol–water partition coefficient (Wildman–Crippen LogP) is 17.9. The molecule has 16 rings (SSSR count). The molecule has 0 atom stereocenters. The minimum absolute atomic E-state index is 0.380. The summed E-state index contributed by atoms with van der Waals surface area (Å²) in [6.45, 7) is 30.3. The van der Waals surface area contributed by atoms with E-state index < -0.39 is 45.5 Å². The van der Waals surface area contributed by atoms with Gasteiger partial charge in [0.15, 0.2) is 23.0 Å². The van der Waals surface area contributed by atoms with Gasteiger partial charge in [0.05, 0.1) is 58.1 Å². The van der Waals surface area contributed by atoms with Crippen LogP contribution >= 0.6 is 63.7 Å². The van der Waals surface area contributed by atoms with E-state index in [2.05, 4.69) is 116 Å². The van der Waals surface area contributed by atoms with E-state index in [9.17, 15) is 44.0 Å². The maximum Gasteiger partial charge on any atom is 0.310 e. The lowest BCUT2D eigenvalue weighted by Crippen LogP contribution is -2.52. The zero-order chi connectivity index (χ0) is 87.3. The Morgan fingerprint density at radius 2 is 0.598 bits per heavy atom. The zero-order valence-electron chi connectivity index (χ0n) is 70.1. The number of ether oxygens (including phenoxy) is 6. The first-order chi connectivity index (χ1) is 58.0. The normalized spacial score (nSPS) is 16.7. The van der Waals surface area contributed by atoms with Crippen LogP contribution in [-0.4, -0.2) is 252 Å². The van der Waals surface area contributed by atoms with Gasteiger partial charge in [-0.15, -0.1) is 0 Å². The molecule has 0 saturated carbocycles. The van der Waals surface area contributed by atoms with E-state index in [1.807, 2.05) is 121 Å². The van der Waals surface area contributed by atoms with Crippen molar-refractivity contribution in [2.75, 3.05) is 145 Å². The van der Waals surface area contributed by atoms with Gasteiger partial charge in [-0.05, 0) is 196 Å². The van der Waals surface area contributed by atoms with Crippen LogP contribution in [0.2, 0.25) is 0 Å². The Bertz CT molecular complexity index is 5240. The quantitative estimate of drug-likeness (QED) is 0.0787. The lowest BCUT2D eigenvalue weighted by molar-refractivity contribution is -0.149. The van der Waals surface area contributed by atoms with Crippen molar-refractivity contribution in [3.05, 3.63) is 197 Å². The van der Waals surface area contributed by atoms with Gasteiger partial charge in [-0.1, -0.05) is 75.3 Å². The molecule has 8 aromatic carbocycles. The number of methoxy groups -OCH3 is 2.